The van der Waals surface area contributed by atoms with Crippen LogP contribution < -0.4 is 0 Å². The van der Waals surface area contributed by atoms with Crippen molar-refractivity contribution in [3.8, 4) is 0 Å². The minimum Gasteiger partial charge on any atom is -0.0937 e. The van der Waals surface area contributed by atoms with Gasteiger partial charge in [-0.1, -0.05) is 19.0 Å². The van der Waals surface area contributed by atoms with Crippen LogP contribution in [0.25, 0.3) is 10.4 Å². The van der Waals surface area contributed by atoms with E-state index in [1.165, 1.54) is 25.7 Å². The molecule has 1 saturated carbocycles. The molecule has 0 bridgehead atoms. The molecular weight excluding hydrogens is 150 g/mol. The first-order valence-electron chi connectivity index (χ1n) is 4.65. The van der Waals surface area contributed by atoms with Crippen LogP contribution in [0.1, 0.15) is 39.5 Å². The predicted octanol–water partition coefficient (Wildman–Crippen LogP) is 3.51. The summed E-state index contributed by atoms with van der Waals surface area (Å²) in [6.45, 7) is 5.33. The number of nitrogens with zero attached hydrogens (tertiary/aromatic N) is 3. The fraction of sp³-hybridized carbons (Fsp3) is 1.00. The fourth-order valence-corrected chi connectivity index (χ4v) is 1.79. The van der Waals surface area contributed by atoms with Crippen molar-refractivity contribution in [1.29, 1.82) is 0 Å². The molecule has 0 unspecified atom stereocenters. The van der Waals surface area contributed by atoms with Crippen molar-refractivity contribution in [3.05, 3.63) is 10.4 Å². The van der Waals surface area contributed by atoms with Gasteiger partial charge >= 0.3 is 0 Å². The summed E-state index contributed by atoms with van der Waals surface area (Å²) in [7, 11) is 0. The van der Waals surface area contributed by atoms with Crippen molar-refractivity contribution in [3.63, 3.8) is 0 Å². The van der Waals surface area contributed by atoms with Crippen molar-refractivity contribution in [2.75, 3.05) is 6.54 Å². The van der Waals surface area contributed by atoms with Gasteiger partial charge in [-0.25, -0.2) is 0 Å². The third-order valence-corrected chi connectivity index (χ3v) is 2.86. The molecule has 1 rings (SSSR count). The zero-order valence-electron chi connectivity index (χ0n) is 7.95. The van der Waals surface area contributed by atoms with Gasteiger partial charge < -0.3 is 0 Å². The Bertz CT molecular complexity index is 182. The number of rotatable bonds is 2. The molecule has 1 aliphatic rings. The van der Waals surface area contributed by atoms with Crippen molar-refractivity contribution < 1.29 is 0 Å². The lowest BCUT2D eigenvalue weighted by Crippen LogP contribution is -2.22. The highest BCUT2D eigenvalue weighted by molar-refractivity contribution is 4.79. The third-order valence-electron chi connectivity index (χ3n) is 2.86. The molecule has 0 spiro atoms. The normalized spacial score (nSPS) is 23.2. The molecule has 0 aliphatic heterocycles. The van der Waals surface area contributed by atoms with Gasteiger partial charge in [-0.3, -0.25) is 0 Å². The van der Waals surface area contributed by atoms with E-state index >= 15 is 0 Å². The molecule has 0 saturated heterocycles. The van der Waals surface area contributed by atoms with Crippen LogP contribution in [0, 0.1) is 11.3 Å². The van der Waals surface area contributed by atoms with Gasteiger partial charge in [0.1, 0.15) is 0 Å². The first-order valence-corrected chi connectivity index (χ1v) is 4.65. The van der Waals surface area contributed by atoms with Crippen LogP contribution in [-0.4, -0.2) is 6.54 Å². The molecule has 1 fully saturated rings. The van der Waals surface area contributed by atoms with Crippen LogP contribution in [0.2, 0.25) is 0 Å². The highest BCUT2D eigenvalue weighted by Crippen LogP contribution is 2.37. The Morgan fingerprint density at radius 1 is 1.42 bits per heavy atom. The van der Waals surface area contributed by atoms with Crippen molar-refractivity contribution in [1.82, 2.24) is 0 Å². The van der Waals surface area contributed by atoms with Crippen LogP contribution in [0.5, 0.6) is 0 Å². The van der Waals surface area contributed by atoms with Gasteiger partial charge in [-0.15, -0.1) is 0 Å². The Balaban J connectivity index is 2.31. The summed E-state index contributed by atoms with van der Waals surface area (Å²) >= 11 is 0. The van der Waals surface area contributed by atoms with E-state index in [-0.39, 0.29) is 0 Å². The Morgan fingerprint density at radius 2 is 2.00 bits per heavy atom. The highest BCUT2D eigenvalue weighted by Gasteiger charge is 2.25. The Labute approximate surface area is 73.8 Å². The van der Waals surface area contributed by atoms with E-state index in [9.17, 15) is 0 Å². The lowest BCUT2D eigenvalue weighted by Gasteiger charge is -2.33. The summed E-state index contributed by atoms with van der Waals surface area (Å²) in [5, 5.41) is 3.62. The number of hydrogen-bond acceptors (Lipinski definition) is 1. The summed E-state index contributed by atoms with van der Waals surface area (Å²) in [6.07, 6.45) is 5.01. The van der Waals surface area contributed by atoms with Gasteiger partial charge in [-0.2, -0.15) is 0 Å². The lowest BCUT2D eigenvalue weighted by molar-refractivity contribution is 0.195. The molecule has 1 aliphatic carbocycles. The zero-order chi connectivity index (χ0) is 9.03. The smallest absolute Gasteiger partial charge is 0.0286 e. The van der Waals surface area contributed by atoms with Crippen molar-refractivity contribution >= 4 is 0 Å². The van der Waals surface area contributed by atoms with Crippen LogP contribution in [0.15, 0.2) is 5.11 Å². The second-order valence-corrected chi connectivity index (χ2v) is 4.52. The van der Waals surface area contributed by atoms with Gasteiger partial charge in [0, 0.05) is 11.5 Å². The largest absolute Gasteiger partial charge is 0.0937 e. The van der Waals surface area contributed by atoms with Gasteiger partial charge in [0.05, 0.1) is 0 Å². The van der Waals surface area contributed by atoms with E-state index in [0.29, 0.717) is 17.9 Å². The zero-order valence-corrected chi connectivity index (χ0v) is 7.95. The van der Waals surface area contributed by atoms with E-state index in [0.717, 1.165) is 0 Å². The van der Waals surface area contributed by atoms with Crippen LogP contribution in [-0.2, 0) is 0 Å². The summed E-state index contributed by atoms with van der Waals surface area (Å²) < 4.78 is 0. The SMILES string of the molecule is CC1(C)CCC(CN=[N+]=[N-])CC1. The average molecular weight is 167 g/mol. The standard InChI is InChI=1S/C9H17N3/c1-9(2)5-3-8(4-6-9)7-11-12-10/h8H,3-7H2,1-2H3. The highest BCUT2D eigenvalue weighted by atomic mass is 15.1. The molecule has 12 heavy (non-hydrogen) atoms. The van der Waals surface area contributed by atoms with Gasteiger partial charge in [0.15, 0.2) is 0 Å². The molecule has 0 radical (unpaired) electrons. The molecule has 0 heterocycles. The van der Waals surface area contributed by atoms with E-state index in [2.05, 4.69) is 23.9 Å². The number of hydrogen-bond donors (Lipinski definition) is 0. The first kappa shape index (κ1) is 9.40. The second kappa shape index (κ2) is 3.81. The maximum Gasteiger partial charge on any atom is 0.0286 e. The summed E-state index contributed by atoms with van der Waals surface area (Å²) in [6, 6.07) is 0. The minimum absolute atomic E-state index is 0.521. The Kier molecular flexibility index (Phi) is 2.99. The lowest BCUT2D eigenvalue weighted by atomic mass is 9.73. The Hall–Kier alpha value is -0.690. The number of azide groups is 1. The molecule has 0 aromatic carbocycles. The first-order chi connectivity index (χ1) is 5.64. The van der Waals surface area contributed by atoms with Gasteiger partial charge in [-0.05, 0) is 42.5 Å². The quantitative estimate of drug-likeness (QED) is 0.343. The van der Waals surface area contributed by atoms with Gasteiger partial charge in [0.25, 0.3) is 0 Å². The monoisotopic (exact) mass is 167 g/mol. The molecule has 3 heteroatoms. The predicted molar refractivity (Wildman–Crippen MR) is 49.8 cm³/mol. The van der Waals surface area contributed by atoms with E-state index in [1.54, 1.807) is 0 Å². The average Bonchev–Trinajstić information content (AvgIpc) is 2.03. The molecule has 0 atom stereocenters. The molecule has 0 N–H and O–H groups in total. The van der Waals surface area contributed by atoms with Crippen LogP contribution >= 0.6 is 0 Å². The van der Waals surface area contributed by atoms with Crippen molar-refractivity contribution in [2.24, 2.45) is 16.4 Å². The molecule has 3 nitrogen and oxygen atoms in total. The fourth-order valence-electron chi connectivity index (χ4n) is 1.79. The summed E-state index contributed by atoms with van der Waals surface area (Å²) in [5.41, 5.74) is 8.68. The second-order valence-electron chi connectivity index (χ2n) is 4.52. The van der Waals surface area contributed by atoms with Crippen molar-refractivity contribution in [2.45, 2.75) is 39.5 Å². The molecular formula is C9H17N3. The molecule has 68 valence electrons. The van der Waals surface area contributed by atoms with E-state index < -0.39 is 0 Å². The molecule has 0 aromatic heterocycles. The minimum atomic E-state index is 0.521. The van der Waals surface area contributed by atoms with Crippen LogP contribution in [0.3, 0.4) is 0 Å². The third kappa shape index (κ3) is 2.74. The molecule has 0 aromatic rings. The van der Waals surface area contributed by atoms with E-state index in [1.807, 2.05) is 0 Å². The summed E-state index contributed by atoms with van der Waals surface area (Å²) in [5.74, 6) is 0.647. The Morgan fingerprint density at radius 3 is 2.50 bits per heavy atom. The van der Waals surface area contributed by atoms with E-state index in [4.69, 9.17) is 5.53 Å². The topological polar surface area (TPSA) is 48.8 Å². The van der Waals surface area contributed by atoms with Crippen LogP contribution in [0.4, 0.5) is 0 Å². The van der Waals surface area contributed by atoms with Gasteiger partial charge in [0.2, 0.25) is 0 Å². The maximum absolute atomic E-state index is 8.16. The molecule has 0 amide bonds. The summed E-state index contributed by atoms with van der Waals surface area (Å²) in [4.78, 5) is 2.79. The maximum atomic E-state index is 8.16.